The summed E-state index contributed by atoms with van der Waals surface area (Å²) in [6.07, 6.45) is 5.53. The van der Waals surface area contributed by atoms with Gasteiger partial charge < -0.3 is 10.1 Å². The van der Waals surface area contributed by atoms with Crippen LogP contribution in [0.15, 0.2) is 43.0 Å². The molecule has 1 aliphatic heterocycles. The zero-order valence-electron chi connectivity index (χ0n) is 16.2. The first kappa shape index (κ1) is 19.4. The lowest BCUT2D eigenvalue weighted by atomic mass is 10.1. The first-order chi connectivity index (χ1) is 14.4. The third-order valence-electron chi connectivity index (χ3n) is 4.56. The first-order valence-corrected chi connectivity index (χ1v) is 9.05. The van der Waals surface area contributed by atoms with E-state index in [1.54, 1.807) is 32.3 Å². The lowest BCUT2D eigenvalue weighted by Crippen LogP contribution is -2.49. The molecule has 0 fully saturated rings. The quantitative estimate of drug-likeness (QED) is 0.700. The van der Waals surface area contributed by atoms with Crippen molar-refractivity contribution in [2.45, 2.75) is 13.0 Å². The lowest BCUT2D eigenvalue weighted by molar-refractivity contribution is -0.120. The fourth-order valence-electron chi connectivity index (χ4n) is 3.04. The number of carbonyl (C=O) groups excluding carboxylic acids is 2. The molecule has 0 spiro atoms. The highest BCUT2D eigenvalue weighted by molar-refractivity contribution is 6.01. The van der Waals surface area contributed by atoms with Crippen LogP contribution in [0, 0.1) is 12.7 Å². The van der Waals surface area contributed by atoms with Gasteiger partial charge in [0, 0.05) is 31.2 Å². The van der Waals surface area contributed by atoms with E-state index in [9.17, 15) is 14.0 Å². The summed E-state index contributed by atoms with van der Waals surface area (Å²) in [6, 6.07) is 3.70. The van der Waals surface area contributed by atoms with Crippen LogP contribution in [-0.2, 0) is 4.79 Å². The van der Waals surface area contributed by atoms with Crippen molar-refractivity contribution >= 4 is 17.6 Å². The first-order valence-electron chi connectivity index (χ1n) is 9.05. The second-order valence-corrected chi connectivity index (χ2v) is 6.68. The molecule has 0 aromatic carbocycles. The average Bonchev–Trinajstić information content (AvgIpc) is 2.86. The largest absolute Gasteiger partial charge is 0.487 e. The standard InChI is InChI=1S/C20H17FN6O3/c1-11-7-24-17(26-16(11)12-6-13(21)9-22-8-12)19(28)25-14-10-30-15-4-3-5-23-18(15)27(2)20(14)29/h3-9,14H,10H2,1-2H3,(H,25,28). The van der Waals surface area contributed by atoms with Crippen molar-refractivity contribution in [3.8, 4) is 17.0 Å². The van der Waals surface area contributed by atoms with Crippen LogP contribution in [0.25, 0.3) is 11.3 Å². The molecule has 9 nitrogen and oxygen atoms in total. The van der Waals surface area contributed by atoms with Crippen LogP contribution in [0.5, 0.6) is 5.75 Å². The minimum absolute atomic E-state index is 0.0693. The fraction of sp³-hybridized carbons (Fsp3) is 0.200. The van der Waals surface area contributed by atoms with Crippen molar-refractivity contribution in [2.24, 2.45) is 0 Å². The molecule has 0 bridgehead atoms. The van der Waals surface area contributed by atoms with Crippen LogP contribution < -0.4 is 15.0 Å². The van der Waals surface area contributed by atoms with Gasteiger partial charge in [-0.05, 0) is 30.7 Å². The maximum Gasteiger partial charge on any atom is 0.289 e. The van der Waals surface area contributed by atoms with E-state index in [1.165, 1.54) is 23.4 Å². The van der Waals surface area contributed by atoms with Crippen molar-refractivity contribution in [3.63, 3.8) is 0 Å². The number of pyridine rings is 2. The molecule has 2 amide bonds. The molecule has 152 valence electrons. The number of aryl methyl sites for hydroxylation is 1. The van der Waals surface area contributed by atoms with Crippen molar-refractivity contribution in [1.82, 2.24) is 25.3 Å². The van der Waals surface area contributed by atoms with E-state index in [0.717, 1.165) is 6.20 Å². The summed E-state index contributed by atoms with van der Waals surface area (Å²) in [5.74, 6) is -0.911. The highest BCUT2D eigenvalue weighted by Crippen LogP contribution is 2.27. The van der Waals surface area contributed by atoms with E-state index in [2.05, 4.69) is 25.3 Å². The number of rotatable bonds is 3. The zero-order valence-corrected chi connectivity index (χ0v) is 16.2. The number of anilines is 1. The Morgan fingerprint density at radius 2 is 2.13 bits per heavy atom. The molecule has 10 heteroatoms. The van der Waals surface area contributed by atoms with Gasteiger partial charge in [0.2, 0.25) is 5.82 Å². The molecule has 30 heavy (non-hydrogen) atoms. The van der Waals surface area contributed by atoms with Gasteiger partial charge in [0.05, 0.1) is 11.9 Å². The number of ether oxygens (including phenoxy) is 1. The molecule has 1 aliphatic rings. The third-order valence-corrected chi connectivity index (χ3v) is 4.56. The molecule has 1 atom stereocenters. The molecule has 3 aromatic rings. The van der Waals surface area contributed by atoms with E-state index in [-0.39, 0.29) is 18.3 Å². The SMILES string of the molecule is Cc1cnc(C(=O)NC2COc3cccnc3N(C)C2=O)nc1-c1cncc(F)c1. The van der Waals surface area contributed by atoms with E-state index in [0.29, 0.717) is 28.4 Å². The molecular formula is C20H17FN6O3. The number of aromatic nitrogens is 4. The Balaban J connectivity index is 1.57. The van der Waals surface area contributed by atoms with Crippen molar-refractivity contribution in [1.29, 1.82) is 0 Å². The van der Waals surface area contributed by atoms with Gasteiger partial charge in [0.25, 0.3) is 11.8 Å². The Labute approximate surface area is 171 Å². The maximum absolute atomic E-state index is 13.5. The van der Waals surface area contributed by atoms with Gasteiger partial charge in [0.15, 0.2) is 11.6 Å². The van der Waals surface area contributed by atoms with Crippen molar-refractivity contribution in [2.75, 3.05) is 18.6 Å². The molecule has 4 heterocycles. The van der Waals surface area contributed by atoms with Crippen LogP contribution in [-0.4, -0.2) is 51.4 Å². The second-order valence-electron chi connectivity index (χ2n) is 6.68. The molecule has 0 saturated carbocycles. The number of fused-ring (bicyclic) bond motifs is 1. The number of carbonyl (C=O) groups is 2. The number of hydrogen-bond acceptors (Lipinski definition) is 7. The number of nitrogens with zero attached hydrogens (tertiary/aromatic N) is 5. The van der Waals surface area contributed by atoms with E-state index >= 15 is 0 Å². The minimum atomic E-state index is -0.958. The van der Waals surface area contributed by atoms with Gasteiger partial charge in [-0.2, -0.15) is 0 Å². The van der Waals surface area contributed by atoms with E-state index in [4.69, 9.17) is 4.74 Å². The third kappa shape index (κ3) is 3.66. The molecule has 3 aromatic heterocycles. The lowest BCUT2D eigenvalue weighted by Gasteiger charge is -2.19. The zero-order chi connectivity index (χ0) is 21.3. The summed E-state index contributed by atoms with van der Waals surface area (Å²) in [5, 5.41) is 2.60. The van der Waals surface area contributed by atoms with Gasteiger partial charge in [-0.3, -0.25) is 19.5 Å². The minimum Gasteiger partial charge on any atom is -0.487 e. The van der Waals surface area contributed by atoms with Crippen LogP contribution >= 0.6 is 0 Å². The summed E-state index contributed by atoms with van der Waals surface area (Å²) in [7, 11) is 1.55. The molecular weight excluding hydrogens is 391 g/mol. The molecule has 0 radical (unpaired) electrons. The number of amides is 2. The molecule has 0 aliphatic carbocycles. The second kappa shape index (κ2) is 7.82. The number of nitrogens with one attached hydrogen (secondary N) is 1. The molecule has 1 N–H and O–H groups in total. The maximum atomic E-state index is 13.5. The van der Waals surface area contributed by atoms with Gasteiger partial charge in [-0.25, -0.2) is 19.3 Å². The van der Waals surface area contributed by atoms with Gasteiger partial charge in [0.1, 0.15) is 18.5 Å². The highest BCUT2D eigenvalue weighted by Gasteiger charge is 2.32. The smallest absolute Gasteiger partial charge is 0.289 e. The Morgan fingerprint density at radius 3 is 2.93 bits per heavy atom. The van der Waals surface area contributed by atoms with Gasteiger partial charge in [-0.1, -0.05) is 0 Å². The normalized spacial score (nSPS) is 15.8. The highest BCUT2D eigenvalue weighted by atomic mass is 19.1. The van der Waals surface area contributed by atoms with Crippen LogP contribution in [0.3, 0.4) is 0 Å². The predicted molar refractivity (Wildman–Crippen MR) is 104 cm³/mol. The van der Waals surface area contributed by atoms with Crippen molar-refractivity contribution in [3.05, 3.63) is 60.2 Å². The van der Waals surface area contributed by atoms with Crippen LogP contribution in [0.1, 0.15) is 16.2 Å². The fourth-order valence-corrected chi connectivity index (χ4v) is 3.04. The Bertz CT molecular complexity index is 1140. The molecule has 0 saturated heterocycles. The van der Waals surface area contributed by atoms with E-state index in [1.807, 2.05) is 0 Å². The number of likely N-dealkylation sites (N-methyl/N-ethyl adjacent to an activating group) is 1. The predicted octanol–water partition coefficient (Wildman–Crippen LogP) is 1.53. The van der Waals surface area contributed by atoms with E-state index < -0.39 is 17.8 Å². The number of halogens is 1. The molecule has 1 unspecified atom stereocenters. The van der Waals surface area contributed by atoms with Crippen molar-refractivity contribution < 1.29 is 18.7 Å². The summed E-state index contributed by atoms with van der Waals surface area (Å²) in [5.41, 5.74) is 1.44. The Morgan fingerprint density at radius 1 is 1.30 bits per heavy atom. The monoisotopic (exact) mass is 408 g/mol. The molecule has 4 rings (SSSR count). The summed E-state index contributed by atoms with van der Waals surface area (Å²) in [4.78, 5) is 43.1. The summed E-state index contributed by atoms with van der Waals surface area (Å²) in [6.45, 7) is 1.67. The summed E-state index contributed by atoms with van der Waals surface area (Å²) >= 11 is 0. The topological polar surface area (TPSA) is 110 Å². The van der Waals surface area contributed by atoms with Gasteiger partial charge in [-0.15, -0.1) is 0 Å². The Kier molecular flexibility index (Phi) is 5.05. The Hall–Kier alpha value is -3.95. The van der Waals surface area contributed by atoms with Gasteiger partial charge >= 0.3 is 0 Å². The van der Waals surface area contributed by atoms with Crippen LogP contribution in [0.4, 0.5) is 10.2 Å². The summed E-state index contributed by atoms with van der Waals surface area (Å²) < 4.78 is 19.2. The average molecular weight is 408 g/mol. The number of hydrogen-bond donors (Lipinski definition) is 1. The van der Waals surface area contributed by atoms with Crippen LogP contribution in [0.2, 0.25) is 0 Å².